The molecule has 1 N–H and O–H groups in total. The Bertz CT molecular complexity index is 1080. The summed E-state index contributed by atoms with van der Waals surface area (Å²) in [6.07, 6.45) is 5.64. The molecular formula is C18H12N4S. The summed E-state index contributed by atoms with van der Waals surface area (Å²) in [7, 11) is 0. The van der Waals surface area contributed by atoms with Crippen molar-refractivity contribution in [3.05, 3.63) is 54.5 Å². The Morgan fingerprint density at radius 3 is 2.78 bits per heavy atom. The second-order valence-corrected chi connectivity index (χ2v) is 6.02. The first-order valence-electron chi connectivity index (χ1n) is 7.11. The van der Waals surface area contributed by atoms with Gasteiger partial charge in [0.05, 0.1) is 11.7 Å². The first kappa shape index (κ1) is 13.8. The zero-order valence-electron chi connectivity index (χ0n) is 12.4. The van der Waals surface area contributed by atoms with E-state index >= 15 is 0 Å². The van der Waals surface area contributed by atoms with Gasteiger partial charge < -0.3 is 4.98 Å². The monoisotopic (exact) mass is 316 g/mol. The molecule has 4 nitrogen and oxygen atoms in total. The lowest BCUT2D eigenvalue weighted by Gasteiger charge is -2.07. The first-order valence-corrected chi connectivity index (χ1v) is 8.33. The Kier molecular flexibility index (Phi) is 3.25. The summed E-state index contributed by atoms with van der Waals surface area (Å²) in [4.78, 5) is 13.1. The number of rotatable bonds is 2. The van der Waals surface area contributed by atoms with E-state index in [4.69, 9.17) is 5.26 Å². The van der Waals surface area contributed by atoms with Crippen molar-refractivity contribution in [1.29, 1.82) is 5.26 Å². The number of nitrogens with zero attached hydrogens (tertiary/aromatic N) is 3. The molecule has 0 saturated heterocycles. The van der Waals surface area contributed by atoms with Crippen LogP contribution < -0.4 is 0 Å². The second kappa shape index (κ2) is 5.41. The molecule has 1 aromatic carbocycles. The topological polar surface area (TPSA) is 65.4 Å². The molecule has 0 saturated carbocycles. The first-order chi connectivity index (χ1) is 11.3. The lowest BCUT2D eigenvalue weighted by atomic mass is 10.1. The number of hydrogen-bond donors (Lipinski definition) is 1. The van der Waals surface area contributed by atoms with Crippen LogP contribution in [0.25, 0.3) is 33.1 Å². The third kappa shape index (κ3) is 2.24. The Morgan fingerprint density at radius 2 is 1.96 bits per heavy atom. The Hall–Kier alpha value is -2.84. The van der Waals surface area contributed by atoms with Crippen molar-refractivity contribution in [2.24, 2.45) is 0 Å². The number of benzene rings is 1. The maximum Gasteiger partial charge on any atom is 0.141 e. The van der Waals surface area contributed by atoms with Crippen molar-refractivity contribution < 1.29 is 0 Å². The largest absolute Gasteiger partial charge is 0.338 e. The number of H-pyrrole nitrogens is 1. The van der Waals surface area contributed by atoms with Crippen LogP contribution in [0.4, 0.5) is 0 Å². The number of hydrogen-bond acceptors (Lipinski definition) is 4. The van der Waals surface area contributed by atoms with E-state index in [0.29, 0.717) is 5.69 Å². The normalized spacial score (nSPS) is 11.0. The van der Waals surface area contributed by atoms with Crippen LogP contribution >= 0.6 is 11.8 Å². The summed E-state index contributed by atoms with van der Waals surface area (Å²) in [5.41, 5.74) is 4.34. The Labute approximate surface area is 137 Å². The van der Waals surface area contributed by atoms with Crippen molar-refractivity contribution >= 4 is 33.7 Å². The molecule has 0 aliphatic heterocycles. The van der Waals surface area contributed by atoms with Gasteiger partial charge in [0.25, 0.3) is 0 Å². The summed E-state index contributed by atoms with van der Waals surface area (Å²) < 4.78 is 0. The molecule has 3 aromatic heterocycles. The molecular weight excluding hydrogens is 304 g/mol. The molecule has 0 atom stereocenters. The van der Waals surface area contributed by atoms with Crippen molar-refractivity contribution in [2.45, 2.75) is 4.90 Å². The van der Waals surface area contributed by atoms with Gasteiger partial charge in [0, 0.05) is 27.4 Å². The summed E-state index contributed by atoms with van der Waals surface area (Å²) >= 11 is 1.72. The third-order valence-corrected chi connectivity index (χ3v) is 4.66. The predicted molar refractivity (Wildman–Crippen MR) is 93.3 cm³/mol. The highest BCUT2D eigenvalue weighted by molar-refractivity contribution is 7.98. The van der Waals surface area contributed by atoms with Crippen LogP contribution in [0.15, 0.2) is 53.7 Å². The van der Waals surface area contributed by atoms with Gasteiger partial charge in [-0.25, -0.2) is 9.97 Å². The summed E-state index contributed by atoms with van der Waals surface area (Å²) in [6.45, 7) is 0. The Balaban J connectivity index is 2.00. The van der Waals surface area contributed by atoms with E-state index in [-0.39, 0.29) is 0 Å². The highest BCUT2D eigenvalue weighted by atomic mass is 32.2. The van der Waals surface area contributed by atoms with Gasteiger partial charge in [-0.1, -0.05) is 18.2 Å². The van der Waals surface area contributed by atoms with Crippen molar-refractivity contribution in [1.82, 2.24) is 15.0 Å². The van der Waals surface area contributed by atoms with Crippen LogP contribution in [0.3, 0.4) is 0 Å². The molecule has 0 fully saturated rings. The quantitative estimate of drug-likeness (QED) is 0.558. The number of fused-ring (bicyclic) bond motifs is 3. The van der Waals surface area contributed by atoms with E-state index in [1.807, 2.05) is 18.3 Å². The molecule has 0 radical (unpaired) electrons. The summed E-state index contributed by atoms with van der Waals surface area (Å²) in [6, 6.07) is 14.3. The zero-order valence-corrected chi connectivity index (χ0v) is 13.2. The minimum atomic E-state index is 0.410. The zero-order chi connectivity index (χ0) is 15.8. The van der Waals surface area contributed by atoms with Crippen LogP contribution in [0.5, 0.6) is 0 Å². The maximum absolute atomic E-state index is 9.07. The minimum absolute atomic E-state index is 0.410. The molecule has 4 rings (SSSR count). The van der Waals surface area contributed by atoms with Crippen molar-refractivity contribution in [3.63, 3.8) is 0 Å². The summed E-state index contributed by atoms with van der Waals surface area (Å²) in [5.74, 6) is 0. The number of nitrogens with one attached hydrogen (secondary N) is 1. The second-order valence-electron chi connectivity index (χ2n) is 5.17. The van der Waals surface area contributed by atoms with Gasteiger partial charge in [-0.3, -0.25) is 0 Å². The summed E-state index contributed by atoms with van der Waals surface area (Å²) in [5, 5.41) is 11.0. The van der Waals surface area contributed by atoms with E-state index in [9.17, 15) is 0 Å². The molecule has 0 bridgehead atoms. The highest BCUT2D eigenvalue weighted by Gasteiger charge is 2.10. The van der Waals surface area contributed by atoms with E-state index in [1.54, 1.807) is 24.0 Å². The number of nitriles is 1. The lowest BCUT2D eigenvalue weighted by molar-refractivity contribution is 1.27. The molecule has 110 valence electrons. The van der Waals surface area contributed by atoms with Gasteiger partial charge in [-0.15, -0.1) is 11.8 Å². The standard InChI is InChI=1S/C18H12N4S/c1-23-17-5-3-2-4-13(17)11-6-15-14-7-12(8-19)20-10-16(14)22-18(15)21-9-11/h2-7,9-10H,1H3,(H,21,22). The van der Waals surface area contributed by atoms with Crippen molar-refractivity contribution in [2.75, 3.05) is 6.26 Å². The highest BCUT2D eigenvalue weighted by Crippen LogP contribution is 2.33. The molecule has 5 heteroatoms. The molecule has 0 spiro atoms. The van der Waals surface area contributed by atoms with E-state index in [0.717, 1.165) is 27.5 Å². The van der Waals surface area contributed by atoms with Crippen LogP contribution in [0, 0.1) is 11.3 Å². The number of aromatic amines is 1. The molecule has 4 aromatic rings. The molecule has 23 heavy (non-hydrogen) atoms. The minimum Gasteiger partial charge on any atom is -0.338 e. The van der Waals surface area contributed by atoms with Gasteiger partial charge in [-0.2, -0.15) is 5.26 Å². The molecule has 0 amide bonds. The number of thioether (sulfide) groups is 1. The van der Waals surface area contributed by atoms with Crippen LogP contribution in [-0.2, 0) is 0 Å². The Morgan fingerprint density at radius 1 is 1.09 bits per heavy atom. The van der Waals surface area contributed by atoms with Crippen LogP contribution in [-0.4, -0.2) is 21.2 Å². The SMILES string of the molecule is CSc1ccccc1-c1cnc2[nH]c3cnc(C#N)cc3c2c1. The third-order valence-electron chi connectivity index (χ3n) is 3.87. The average molecular weight is 316 g/mol. The van der Waals surface area contributed by atoms with Gasteiger partial charge >= 0.3 is 0 Å². The van der Waals surface area contributed by atoms with Gasteiger partial charge in [-0.05, 0) is 30.0 Å². The van der Waals surface area contributed by atoms with Crippen LogP contribution in [0.2, 0.25) is 0 Å². The van der Waals surface area contributed by atoms with Crippen LogP contribution in [0.1, 0.15) is 5.69 Å². The molecule has 0 unspecified atom stereocenters. The fourth-order valence-electron chi connectivity index (χ4n) is 2.77. The average Bonchev–Trinajstić information content (AvgIpc) is 2.98. The molecule has 0 aliphatic rings. The number of aromatic nitrogens is 3. The van der Waals surface area contributed by atoms with E-state index in [2.05, 4.69) is 45.5 Å². The van der Waals surface area contributed by atoms with Gasteiger partial charge in [0.15, 0.2) is 0 Å². The lowest BCUT2D eigenvalue weighted by Crippen LogP contribution is -1.84. The maximum atomic E-state index is 9.07. The predicted octanol–water partition coefficient (Wildman–Crippen LogP) is 4.37. The fraction of sp³-hybridized carbons (Fsp3) is 0.0556. The fourth-order valence-corrected chi connectivity index (χ4v) is 3.39. The van der Waals surface area contributed by atoms with Gasteiger partial charge in [0.1, 0.15) is 17.4 Å². The van der Waals surface area contributed by atoms with Crippen molar-refractivity contribution in [3.8, 4) is 17.2 Å². The smallest absolute Gasteiger partial charge is 0.141 e. The molecule has 0 aliphatic carbocycles. The number of pyridine rings is 2. The molecule has 3 heterocycles. The van der Waals surface area contributed by atoms with E-state index < -0.39 is 0 Å². The van der Waals surface area contributed by atoms with E-state index in [1.165, 1.54) is 10.5 Å². The van der Waals surface area contributed by atoms with Gasteiger partial charge in [0.2, 0.25) is 0 Å².